The third-order valence-electron chi connectivity index (χ3n) is 1.87. The summed E-state index contributed by atoms with van der Waals surface area (Å²) in [5.41, 5.74) is 6.87. The fourth-order valence-corrected chi connectivity index (χ4v) is 2.41. The summed E-state index contributed by atoms with van der Waals surface area (Å²) in [4.78, 5) is 4.28. The van der Waals surface area contributed by atoms with E-state index in [1.54, 1.807) is 6.20 Å². The van der Waals surface area contributed by atoms with Gasteiger partial charge in [0.15, 0.2) is 0 Å². The second-order valence-corrected chi connectivity index (χ2v) is 4.76. The van der Waals surface area contributed by atoms with E-state index in [9.17, 15) is 0 Å². The molecule has 1 rings (SSSR count). The van der Waals surface area contributed by atoms with E-state index in [2.05, 4.69) is 43.4 Å². The lowest BCUT2D eigenvalue weighted by molar-refractivity contribution is 0.639. The highest BCUT2D eigenvalue weighted by molar-refractivity contribution is 9.11. The van der Waals surface area contributed by atoms with Gasteiger partial charge in [-0.2, -0.15) is 0 Å². The summed E-state index contributed by atoms with van der Waals surface area (Å²) in [7, 11) is 0. The van der Waals surface area contributed by atoms with Crippen molar-refractivity contribution in [3.8, 4) is 0 Å². The van der Waals surface area contributed by atoms with Gasteiger partial charge in [0.2, 0.25) is 0 Å². The van der Waals surface area contributed by atoms with Crippen molar-refractivity contribution >= 4 is 31.9 Å². The Hall–Kier alpha value is -0.190. The molecule has 1 heterocycles. The molecule has 0 aliphatic carbocycles. The van der Waals surface area contributed by atoms with Crippen LogP contribution in [0, 0.1) is 0 Å². The summed E-state index contributed by atoms with van der Waals surface area (Å²) >= 11 is 6.79. The van der Waals surface area contributed by atoms with Crippen molar-refractivity contribution in [3.05, 3.63) is 39.6 Å². The second kappa shape index (κ2) is 5.63. The normalized spacial score (nSPS) is 12.5. The molecule has 0 aromatic carbocycles. The Kier molecular flexibility index (Phi) is 4.78. The smallest absolute Gasteiger partial charge is 0.0713 e. The minimum atomic E-state index is -0.0320. The van der Waals surface area contributed by atoms with Crippen LogP contribution in [-0.4, -0.2) is 4.98 Å². The second-order valence-electron chi connectivity index (χ2n) is 2.99. The molecule has 1 aromatic rings. The molecular weight excluding hydrogens is 308 g/mol. The maximum absolute atomic E-state index is 5.98. The van der Waals surface area contributed by atoms with Crippen LogP contribution in [0.4, 0.5) is 0 Å². The van der Waals surface area contributed by atoms with E-state index in [-0.39, 0.29) is 6.04 Å². The maximum atomic E-state index is 5.98. The van der Waals surface area contributed by atoms with Crippen molar-refractivity contribution in [2.75, 3.05) is 0 Å². The molecule has 0 saturated carbocycles. The predicted octanol–water partition coefficient (Wildman–Crippen LogP) is 3.57. The SMILES string of the molecule is C=CCCC(N)c1ncc(Br)cc1Br. The third-order valence-corrected chi connectivity index (χ3v) is 2.94. The average Bonchev–Trinajstić information content (AvgIpc) is 2.14. The number of hydrogen-bond acceptors (Lipinski definition) is 2. The van der Waals surface area contributed by atoms with E-state index in [1.807, 2.05) is 12.1 Å². The molecule has 14 heavy (non-hydrogen) atoms. The number of nitrogens with zero attached hydrogens (tertiary/aromatic N) is 1. The molecule has 0 fully saturated rings. The number of halogens is 2. The van der Waals surface area contributed by atoms with E-state index in [0.717, 1.165) is 27.5 Å². The van der Waals surface area contributed by atoms with Gasteiger partial charge in [0, 0.05) is 21.2 Å². The first-order chi connectivity index (χ1) is 6.65. The number of hydrogen-bond donors (Lipinski definition) is 1. The van der Waals surface area contributed by atoms with Crippen molar-refractivity contribution in [1.29, 1.82) is 0 Å². The fraction of sp³-hybridized carbons (Fsp3) is 0.300. The molecule has 1 unspecified atom stereocenters. The molecule has 2 nitrogen and oxygen atoms in total. The van der Waals surface area contributed by atoms with Gasteiger partial charge >= 0.3 is 0 Å². The number of allylic oxidation sites excluding steroid dienone is 1. The van der Waals surface area contributed by atoms with Crippen molar-refractivity contribution in [1.82, 2.24) is 4.98 Å². The number of pyridine rings is 1. The predicted molar refractivity (Wildman–Crippen MR) is 66.0 cm³/mol. The molecule has 0 amide bonds. The zero-order chi connectivity index (χ0) is 10.6. The van der Waals surface area contributed by atoms with Crippen LogP contribution >= 0.6 is 31.9 Å². The Bertz CT molecular complexity index is 326. The third kappa shape index (κ3) is 3.19. The highest BCUT2D eigenvalue weighted by Crippen LogP contribution is 2.25. The van der Waals surface area contributed by atoms with Gasteiger partial charge in [0.05, 0.1) is 5.69 Å². The first-order valence-electron chi connectivity index (χ1n) is 4.32. The molecular formula is C10H12Br2N2. The first kappa shape index (κ1) is 11.9. The zero-order valence-corrected chi connectivity index (χ0v) is 10.9. The molecule has 4 heteroatoms. The quantitative estimate of drug-likeness (QED) is 0.862. The van der Waals surface area contributed by atoms with Gasteiger partial charge in [-0.05, 0) is 50.8 Å². The highest BCUT2D eigenvalue weighted by Gasteiger charge is 2.10. The van der Waals surface area contributed by atoms with E-state index < -0.39 is 0 Å². The van der Waals surface area contributed by atoms with Gasteiger partial charge in [-0.1, -0.05) is 6.08 Å². The fourth-order valence-electron chi connectivity index (χ4n) is 1.13. The van der Waals surface area contributed by atoms with Gasteiger partial charge in [0.1, 0.15) is 0 Å². The minimum Gasteiger partial charge on any atom is -0.323 e. The van der Waals surface area contributed by atoms with E-state index in [1.165, 1.54) is 0 Å². The first-order valence-corrected chi connectivity index (χ1v) is 5.91. The lowest BCUT2D eigenvalue weighted by Crippen LogP contribution is -2.12. The minimum absolute atomic E-state index is 0.0320. The van der Waals surface area contributed by atoms with Gasteiger partial charge in [-0.3, -0.25) is 4.98 Å². The van der Waals surface area contributed by atoms with Gasteiger partial charge < -0.3 is 5.73 Å². The van der Waals surface area contributed by atoms with E-state index in [4.69, 9.17) is 5.73 Å². The Labute approximate surface area is 101 Å². The average molecular weight is 320 g/mol. The molecule has 76 valence electrons. The molecule has 0 aliphatic rings. The van der Waals surface area contributed by atoms with Crippen LogP contribution in [0.25, 0.3) is 0 Å². The van der Waals surface area contributed by atoms with Gasteiger partial charge in [0.25, 0.3) is 0 Å². The Morgan fingerprint density at radius 2 is 2.29 bits per heavy atom. The summed E-state index contributed by atoms with van der Waals surface area (Å²) in [6.07, 6.45) is 5.41. The van der Waals surface area contributed by atoms with Crippen LogP contribution in [0.5, 0.6) is 0 Å². The molecule has 0 aliphatic heterocycles. The van der Waals surface area contributed by atoms with Gasteiger partial charge in [-0.25, -0.2) is 0 Å². The zero-order valence-electron chi connectivity index (χ0n) is 7.71. The lowest BCUT2D eigenvalue weighted by atomic mass is 10.1. The molecule has 1 aromatic heterocycles. The summed E-state index contributed by atoms with van der Waals surface area (Å²) in [5, 5.41) is 0. The molecule has 0 radical (unpaired) electrons. The van der Waals surface area contributed by atoms with E-state index in [0.29, 0.717) is 0 Å². The highest BCUT2D eigenvalue weighted by atomic mass is 79.9. The molecule has 2 N–H and O–H groups in total. The number of aromatic nitrogens is 1. The monoisotopic (exact) mass is 318 g/mol. The topological polar surface area (TPSA) is 38.9 Å². The maximum Gasteiger partial charge on any atom is 0.0713 e. The van der Waals surface area contributed by atoms with Crippen molar-refractivity contribution in [2.45, 2.75) is 18.9 Å². The van der Waals surface area contributed by atoms with Crippen molar-refractivity contribution < 1.29 is 0 Å². The standard InChI is InChI=1S/C10H12Br2N2/c1-2-3-4-9(13)10-8(12)5-7(11)6-14-10/h2,5-6,9H,1,3-4,13H2. The van der Waals surface area contributed by atoms with Crippen molar-refractivity contribution in [3.63, 3.8) is 0 Å². The molecule has 0 saturated heterocycles. The van der Waals surface area contributed by atoms with Crippen LogP contribution < -0.4 is 5.73 Å². The molecule has 0 bridgehead atoms. The van der Waals surface area contributed by atoms with Gasteiger partial charge in [-0.15, -0.1) is 6.58 Å². The number of nitrogens with two attached hydrogens (primary N) is 1. The van der Waals surface area contributed by atoms with Crippen LogP contribution in [0.3, 0.4) is 0 Å². The van der Waals surface area contributed by atoms with Crippen LogP contribution in [0.1, 0.15) is 24.6 Å². The van der Waals surface area contributed by atoms with E-state index >= 15 is 0 Å². The summed E-state index contributed by atoms with van der Waals surface area (Å²) in [5.74, 6) is 0. The summed E-state index contributed by atoms with van der Waals surface area (Å²) in [6, 6.07) is 1.92. The molecule has 0 spiro atoms. The van der Waals surface area contributed by atoms with Crippen LogP contribution in [0.2, 0.25) is 0 Å². The Balaban J connectivity index is 2.78. The summed E-state index contributed by atoms with van der Waals surface area (Å²) in [6.45, 7) is 3.67. The molecule has 1 atom stereocenters. The van der Waals surface area contributed by atoms with Crippen molar-refractivity contribution in [2.24, 2.45) is 5.73 Å². The largest absolute Gasteiger partial charge is 0.323 e. The summed E-state index contributed by atoms with van der Waals surface area (Å²) < 4.78 is 1.90. The number of rotatable bonds is 4. The van der Waals surface area contributed by atoms with Crippen LogP contribution in [0.15, 0.2) is 33.9 Å². The Morgan fingerprint density at radius 1 is 1.57 bits per heavy atom. The Morgan fingerprint density at radius 3 is 2.86 bits per heavy atom. The van der Waals surface area contributed by atoms with Crippen LogP contribution in [-0.2, 0) is 0 Å². The lowest BCUT2D eigenvalue weighted by Gasteiger charge is -2.11.